The van der Waals surface area contributed by atoms with E-state index in [0.717, 1.165) is 47.9 Å². The van der Waals surface area contributed by atoms with Crippen LogP contribution in [-0.2, 0) is 44.9 Å². The molecule has 2 atom stereocenters. The van der Waals surface area contributed by atoms with Gasteiger partial charge in [0.15, 0.2) is 11.6 Å². The summed E-state index contributed by atoms with van der Waals surface area (Å²) < 4.78 is 0. The second-order valence-corrected chi connectivity index (χ2v) is 12.9. The average Bonchev–Trinajstić information content (AvgIpc) is 3.12. The summed E-state index contributed by atoms with van der Waals surface area (Å²) in [7, 11) is 0. The summed E-state index contributed by atoms with van der Waals surface area (Å²) in [6.45, 7) is 10.7. The van der Waals surface area contributed by atoms with Gasteiger partial charge in [-0.05, 0) is 109 Å². The number of carbonyl (C=O) groups excluding carboxylic acids is 4. The molecule has 52 heavy (non-hydrogen) atoms. The van der Waals surface area contributed by atoms with Crippen molar-refractivity contribution >= 4 is 69.3 Å². The molecule has 10 nitrogen and oxygen atoms in total. The van der Waals surface area contributed by atoms with Crippen molar-refractivity contribution in [2.24, 2.45) is 20.5 Å². The number of anilines is 2. The lowest BCUT2D eigenvalue weighted by Crippen LogP contribution is -2.32. The van der Waals surface area contributed by atoms with Crippen LogP contribution in [0.4, 0.5) is 22.7 Å². The van der Waals surface area contributed by atoms with E-state index >= 15 is 0 Å². The number of nitrogens with one attached hydrogen (secondary N) is 2. The van der Waals surface area contributed by atoms with E-state index in [9.17, 15) is 19.2 Å². The zero-order chi connectivity index (χ0) is 37.9. The summed E-state index contributed by atoms with van der Waals surface area (Å²) >= 11 is 13.1. The predicted molar refractivity (Wildman–Crippen MR) is 208 cm³/mol. The van der Waals surface area contributed by atoms with Crippen LogP contribution < -0.4 is 10.6 Å². The quantitative estimate of drug-likeness (QED) is 0.0924. The van der Waals surface area contributed by atoms with E-state index < -0.39 is 35.5 Å². The van der Waals surface area contributed by atoms with Crippen LogP contribution in [0, 0.1) is 0 Å². The van der Waals surface area contributed by atoms with Crippen molar-refractivity contribution < 1.29 is 19.2 Å². The molecular weight excluding hydrogens is 699 g/mol. The Morgan fingerprint density at radius 2 is 0.962 bits per heavy atom. The maximum Gasteiger partial charge on any atom is 0.258 e. The molecule has 4 aromatic rings. The van der Waals surface area contributed by atoms with E-state index in [1.165, 1.54) is 13.8 Å². The van der Waals surface area contributed by atoms with E-state index in [4.69, 9.17) is 23.2 Å². The van der Waals surface area contributed by atoms with E-state index in [2.05, 4.69) is 31.1 Å². The predicted octanol–water partition coefficient (Wildman–Crippen LogP) is 10.3. The van der Waals surface area contributed by atoms with Gasteiger partial charge in [-0.3, -0.25) is 19.2 Å². The fourth-order valence-corrected chi connectivity index (χ4v) is 6.25. The van der Waals surface area contributed by atoms with E-state index in [1.54, 1.807) is 48.5 Å². The van der Waals surface area contributed by atoms with Crippen LogP contribution in [0.2, 0.25) is 10.0 Å². The van der Waals surface area contributed by atoms with Gasteiger partial charge in [-0.25, -0.2) is 0 Å². The lowest BCUT2D eigenvalue weighted by atomic mass is 10.0. The van der Waals surface area contributed by atoms with Crippen LogP contribution in [0.15, 0.2) is 93.3 Å². The Balaban J connectivity index is 1.49. The Kier molecular flexibility index (Phi) is 14.1. The second kappa shape index (κ2) is 18.4. The molecule has 0 fully saturated rings. The number of carbonyl (C=O) groups is 4. The van der Waals surface area contributed by atoms with E-state index in [1.807, 2.05) is 52.0 Å². The molecule has 4 rings (SSSR count). The monoisotopic (exact) mass is 740 g/mol. The first-order valence-corrected chi connectivity index (χ1v) is 17.9. The second-order valence-electron chi connectivity index (χ2n) is 12.1. The highest BCUT2D eigenvalue weighted by Gasteiger charge is 2.26. The molecule has 2 N–H and O–H groups in total. The first kappa shape index (κ1) is 39.7. The molecule has 0 bridgehead atoms. The minimum Gasteiger partial charge on any atom is -0.323 e. The minimum absolute atomic E-state index is 0.235. The standard InChI is InChI=1S/C40H42Cl2N6O4/c1-7-25-13-11-15-33(29(25)9-3)43-39(51)37(23(5)49)47-45-35-19-17-27(21-31(35)41)28-18-20-36(32(42)22-28)46-48-38(24(6)50)40(52)44-34-16-12-14-26(8-2)30(34)10-4/h11-22,37-38H,7-10H2,1-6H3,(H,43,51)(H,44,52). The molecule has 0 aliphatic heterocycles. The molecule has 0 aliphatic rings. The van der Waals surface area contributed by atoms with Crippen molar-refractivity contribution in [3.05, 3.63) is 105 Å². The third kappa shape index (κ3) is 9.63. The molecule has 2 amide bonds. The van der Waals surface area contributed by atoms with Crippen LogP contribution in [0.1, 0.15) is 63.8 Å². The zero-order valence-corrected chi connectivity index (χ0v) is 31.6. The fourth-order valence-electron chi connectivity index (χ4n) is 5.81. The molecule has 0 heterocycles. The number of nitrogens with zero attached hydrogens (tertiary/aromatic N) is 4. The Morgan fingerprint density at radius 1 is 0.577 bits per heavy atom. The van der Waals surface area contributed by atoms with Crippen molar-refractivity contribution in [1.82, 2.24) is 0 Å². The summed E-state index contributed by atoms with van der Waals surface area (Å²) in [5, 5.41) is 22.6. The summed E-state index contributed by atoms with van der Waals surface area (Å²) in [5.41, 5.74) is 7.47. The lowest BCUT2D eigenvalue weighted by Gasteiger charge is -2.15. The third-order valence-electron chi connectivity index (χ3n) is 8.59. The summed E-state index contributed by atoms with van der Waals surface area (Å²) in [6.07, 6.45) is 3.07. The Morgan fingerprint density at radius 3 is 1.27 bits per heavy atom. The first-order chi connectivity index (χ1) is 24.9. The maximum atomic E-state index is 13.1. The van der Waals surface area contributed by atoms with Gasteiger partial charge in [0.1, 0.15) is 11.4 Å². The number of hydrogen-bond acceptors (Lipinski definition) is 8. The van der Waals surface area contributed by atoms with Gasteiger partial charge in [-0.2, -0.15) is 20.5 Å². The summed E-state index contributed by atoms with van der Waals surface area (Å²) in [6, 6.07) is 18.7. The van der Waals surface area contributed by atoms with Gasteiger partial charge in [0.2, 0.25) is 12.1 Å². The molecule has 0 aromatic heterocycles. The number of amides is 2. The minimum atomic E-state index is -1.36. The Hall–Kier alpha value is -5.06. The topological polar surface area (TPSA) is 142 Å². The molecule has 270 valence electrons. The van der Waals surface area contributed by atoms with Crippen LogP contribution in [0.5, 0.6) is 0 Å². The van der Waals surface area contributed by atoms with Crippen LogP contribution in [0.25, 0.3) is 11.1 Å². The smallest absolute Gasteiger partial charge is 0.258 e. The van der Waals surface area contributed by atoms with E-state index in [0.29, 0.717) is 22.5 Å². The summed E-state index contributed by atoms with van der Waals surface area (Å²) in [5.74, 6) is -2.09. The highest BCUT2D eigenvalue weighted by atomic mass is 35.5. The number of hydrogen-bond donors (Lipinski definition) is 2. The first-order valence-electron chi connectivity index (χ1n) is 17.2. The van der Waals surface area contributed by atoms with Crippen molar-refractivity contribution in [3.63, 3.8) is 0 Å². The van der Waals surface area contributed by atoms with Crippen molar-refractivity contribution in [3.8, 4) is 11.1 Å². The maximum absolute atomic E-state index is 13.1. The highest BCUT2D eigenvalue weighted by molar-refractivity contribution is 6.34. The number of azo groups is 2. The number of halogens is 2. The molecule has 0 saturated heterocycles. The van der Waals surface area contributed by atoms with Crippen molar-refractivity contribution in [2.75, 3.05) is 10.6 Å². The third-order valence-corrected chi connectivity index (χ3v) is 9.19. The van der Waals surface area contributed by atoms with Gasteiger partial charge < -0.3 is 10.6 Å². The van der Waals surface area contributed by atoms with Crippen LogP contribution >= 0.6 is 23.2 Å². The molecular formula is C40H42Cl2N6O4. The molecule has 4 aromatic carbocycles. The normalized spacial score (nSPS) is 12.5. The number of aryl methyl sites for hydroxylation is 2. The van der Waals surface area contributed by atoms with Gasteiger partial charge in [-0.15, -0.1) is 0 Å². The average molecular weight is 742 g/mol. The number of rotatable bonds is 15. The molecule has 12 heteroatoms. The van der Waals surface area contributed by atoms with Crippen molar-refractivity contribution in [1.29, 1.82) is 0 Å². The SMILES string of the molecule is CCc1cccc(NC(=O)C(N=Nc2ccc(-c3ccc(N=NC(C(C)=O)C(=O)Nc4cccc(CC)c4CC)c(Cl)c3)cc2Cl)C(C)=O)c1CC. The highest BCUT2D eigenvalue weighted by Crippen LogP contribution is 2.35. The Labute approximate surface area is 314 Å². The van der Waals surface area contributed by atoms with Gasteiger partial charge >= 0.3 is 0 Å². The molecule has 0 aliphatic carbocycles. The molecule has 0 spiro atoms. The lowest BCUT2D eigenvalue weighted by molar-refractivity contribution is -0.127. The van der Waals surface area contributed by atoms with Crippen LogP contribution in [-0.4, -0.2) is 35.5 Å². The van der Waals surface area contributed by atoms with E-state index in [-0.39, 0.29) is 21.4 Å². The van der Waals surface area contributed by atoms with Crippen molar-refractivity contribution in [2.45, 2.75) is 79.3 Å². The van der Waals surface area contributed by atoms with Crippen LogP contribution in [0.3, 0.4) is 0 Å². The largest absolute Gasteiger partial charge is 0.323 e. The number of ketones is 2. The van der Waals surface area contributed by atoms with Gasteiger partial charge in [0.05, 0.1) is 10.0 Å². The number of benzene rings is 4. The summed E-state index contributed by atoms with van der Waals surface area (Å²) in [4.78, 5) is 51.1. The fraction of sp³-hybridized carbons (Fsp3) is 0.300. The number of Topliss-reactive ketones (excluding diaryl/α,β-unsaturated/α-hetero) is 2. The molecule has 0 radical (unpaired) electrons. The zero-order valence-electron chi connectivity index (χ0n) is 30.1. The molecule has 2 unspecified atom stereocenters. The Bertz CT molecular complexity index is 1900. The molecule has 0 saturated carbocycles. The van der Waals surface area contributed by atoms with Gasteiger partial charge in [-0.1, -0.05) is 87.3 Å². The van der Waals surface area contributed by atoms with Gasteiger partial charge in [0.25, 0.3) is 11.8 Å². The van der Waals surface area contributed by atoms with Gasteiger partial charge in [0, 0.05) is 11.4 Å².